The summed E-state index contributed by atoms with van der Waals surface area (Å²) in [5, 5.41) is 12.1. The molecule has 1 atom stereocenters. The van der Waals surface area contributed by atoms with Crippen LogP contribution in [0.15, 0.2) is 47.3 Å². The number of carbonyl (C=O) groups is 2. The van der Waals surface area contributed by atoms with Crippen LogP contribution < -0.4 is 5.32 Å². The van der Waals surface area contributed by atoms with Crippen LogP contribution in [-0.4, -0.2) is 59.0 Å². The van der Waals surface area contributed by atoms with Crippen molar-refractivity contribution in [1.29, 1.82) is 0 Å². The van der Waals surface area contributed by atoms with Gasteiger partial charge in [0.1, 0.15) is 5.82 Å². The van der Waals surface area contributed by atoms with E-state index in [-0.39, 0.29) is 37.9 Å². The molecule has 2 amide bonds. The molecular formula is C20H24FN3O4. The molecule has 1 aromatic heterocycles. The largest absolute Gasteiger partial charge is 0.472 e. The van der Waals surface area contributed by atoms with Crippen molar-refractivity contribution < 1.29 is 23.5 Å². The molecule has 1 saturated heterocycles. The minimum Gasteiger partial charge on any atom is -0.472 e. The second kappa shape index (κ2) is 9.48. The summed E-state index contributed by atoms with van der Waals surface area (Å²) in [6, 6.07) is 7.40. The lowest BCUT2D eigenvalue weighted by molar-refractivity contribution is -0.139. The molecule has 7 nitrogen and oxygen atoms in total. The fourth-order valence-electron chi connectivity index (χ4n) is 3.33. The predicted molar refractivity (Wildman–Crippen MR) is 99.4 cm³/mol. The molecule has 0 saturated carbocycles. The molecule has 1 fully saturated rings. The molecule has 1 aliphatic heterocycles. The van der Waals surface area contributed by atoms with E-state index in [2.05, 4.69) is 5.32 Å². The maximum atomic E-state index is 14.0. The first-order valence-electron chi connectivity index (χ1n) is 9.23. The van der Waals surface area contributed by atoms with Crippen molar-refractivity contribution in [3.05, 3.63) is 59.8 Å². The van der Waals surface area contributed by atoms with Crippen LogP contribution in [0.3, 0.4) is 0 Å². The topological polar surface area (TPSA) is 86.0 Å². The third-order valence-electron chi connectivity index (χ3n) is 4.82. The third-order valence-corrected chi connectivity index (χ3v) is 4.82. The Bertz CT molecular complexity index is 797. The Morgan fingerprint density at radius 1 is 1.36 bits per heavy atom. The fraction of sp³-hybridized carbons (Fsp3) is 0.400. The van der Waals surface area contributed by atoms with Crippen molar-refractivity contribution in [2.45, 2.75) is 25.6 Å². The number of rotatable bonds is 8. The van der Waals surface area contributed by atoms with E-state index < -0.39 is 11.9 Å². The summed E-state index contributed by atoms with van der Waals surface area (Å²) in [5.41, 5.74) is 1.29. The van der Waals surface area contributed by atoms with Crippen LogP contribution in [0.5, 0.6) is 0 Å². The van der Waals surface area contributed by atoms with Gasteiger partial charge in [0.25, 0.3) is 0 Å². The third kappa shape index (κ3) is 4.96. The van der Waals surface area contributed by atoms with E-state index in [1.54, 1.807) is 30.7 Å². The van der Waals surface area contributed by atoms with Gasteiger partial charge in [0.05, 0.1) is 31.6 Å². The van der Waals surface area contributed by atoms with Crippen LogP contribution in [-0.2, 0) is 22.7 Å². The zero-order chi connectivity index (χ0) is 19.9. The van der Waals surface area contributed by atoms with E-state index in [9.17, 15) is 19.1 Å². The molecule has 1 aliphatic rings. The van der Waals surface area contributed by atoms with Gasteiger partial charge in [0.2, 0.25) is 11.8 Å². The molecule has 2 aromatic rings. The molecule has 2 N–H and O–H groups in total. The SMILES string of the molecule is O=C1NCCN(Cc2ccoc2)[C@@H]1CC(=O)N(CCO)Cc1ccccc1F. The van der Waals surface area contributed by atoms with Crippen molar-refractivity contribution in [3.8, 4) is 0 Å². The summed E-state index contributed by atoms with van der Waals surface area (Å²) >= 11 is 0. The van der Waals surface area contributed by atoms with E-state index in [4.69, 9.17) is 4.42 Å². The quantitative estimate of drug-likeness (QED) is 0.707. The Kier molecular flexibility index (Phi) is 6.78. The van der Waals surface area contributed by atoms with Crippen LogP contribution in [0.4, 0.5) is 4.39 Å². The van der Waals surface area contributed by atoms with Gasteiger partial charge in [0, 0.05) is 43.9 Å². The van der Waals surface area contributed by atoms with E-state index in [1.165, 1.54) is 11.0 Å². The summed E-state index contributed by atoms with van der Waals surface area (Å²) in [4.78, 5) is 28.6. The standard InChI is InChI=1S/C20H24FN3O4/c21-17-4-2-1-3-16(17)13-24(8-9-25)19(26)11-18-20(27)22-6-7-23(18)12-15-5-10-28-14-15/h1-5,10,14,18,25H,6-9,11-13H2,(H,22,27)/t18-/m1/s1. The first kappa shape index (κ1) is 20.0. The Morgan fingerprint density at radius 3 is 2.89 bits per heavy atom. The van der Waals surface area contributed by atoms with Crippen LogP contribution >= 0.6 is 0 Å². The van der Waals surface area contributed by atoms with Gasteiger partial charge in [0.15, 0.2) is 0 Å². The number of hydrogen-bond donors (Lipinski definition) is 2. The van der Waals surface area contributed by atoms with Crippen molar-refractivity contribution in [2.24, 2.45) is 0 Å². The number of benzene rings is 1. The fourth-order valence-corrected chi connectivity index (χ4v) is 3.33. The summed E-state index contributed by atoms with van der Waals surface area (Å²) < 4.78 is 19.0. The Labute approximate surface area is 162 Å². The zero-order valence-corrected chi connectivity index (χ0v) is 15.5. The maximum absolute atomic E-state index is 14.0. The highest BCUT2D eigenvalue weighted by molar-refractivity contribution is 5.88. The van der Waals surface area contributed by atoms with Gasteiger partial charge in [-0.25, -0.2) is 4.39 Å². The molecule has 1 aromatic carbocycles. The molecular weight excluding hydrogens is 365 g/mol. The summed E-state index contributed by atoms with van der Waals surface area (Å²) in [5.74, 6) is -0.926. The lowest BCUT2D eigenvalue weighted by atomic mass is 10.1. The number of aliphatic hydroxyl groups excluding tert-OH is 1. The molecule has 28 heavy (non-hydrogen) atoms. The molecule has 2 heterocycles. The van der Waals surface area contributed by atoms with Gasteiger partial charge in [-0.2, -0.15) is 0 Å². The van der Waals surface area contributed by atoms with Crippen molar-refractivity contribution in [3.63, 3.8) is 0 Å². The smallest absolute Gasteiger partial charge is 0.237 e. The van der Waals surface area contributed by atoms with E-state index in [1.807, 2.05) is 11.0 Å². The van der Waals surface area contributed by atoms with Crippen LogP contribution in [0, 0.1) is 5.82 Å². The lowest BCUT2D eigenvalue weighted by Gasteiger charge is -2.35. The molecule has 0 bridgehead atoms. The maximum Gasteiger partial charge on any atom is 0.237 e. The van der Waals surface area contributed by atoms with Gasteiger partial charge >= 0.3 is 0 Å². The Morgan fingerprint density at radius 2 is 2.18 bits per heavy atom. The molecule has 0 unspecified atom stereocenters. The number of aliphatic hydroxyl groups is 1. The highest BCUT2D eigenvalue weighted by Crippen LogP contribution is 2.17. The number of nitrogens with one attached hydrogen (secondary N) is 1. The Balaban J connectivity index is 1.70. The number of furan rings is 1. The normalized spacial score (nSPS) is 17.4. The van der Waals surface area contributed by atoms with Gasteiger partial charge < -0.3 is 19.7 Å². The van der Waals surface area contributed by atoms with Gasteiger partial charge in [-0.05, 0) is 12.1 Å². The second-order valence-corrected chi connectivity index (χ2v) is 6.74. The number of piperazine rings is 1. The monoisotopic (exact) mass is 389 g/mol. The molecule has 3 rings (SSSR count). The van der Waals surface area contributed by atoms with Gasteiger partial charge in [-0.15, -0.1) is 0 Å². The van der Waals surface area contributed by atoms with Gasteiger partial charge in [-0.3, -0.25) is 14.5 Å². The van der Waals surface area contributed by atoms with E-state index in [0.717, 1.165) is 5.56 Å². The molecule has 0 aliphatic carbocycles. The zero-order valence-electron chi connectivity index (χ0n) is 15.5. The minimum atomic E-state index is -0.627. The van der Waals surface area contributed by atoms with Crippen molar-refractivity contribution in [1.82, 2.24) is 15.1 Å². The minimum absolute atomic E-state index is 0.0435. The predicted octanol–water partition coefficient (Wildman–Crippen LogP) is 1.13. The highest BCUT2D eigenvalue weighted by atomic mass is 19.1. The highest BCUT2D eigenvalue weighted by Gasteiger charge is 2.33. The average molecular weight is 389 g/mol. The lowest BCUT2D eigenvalue weighted by Crippen LogP contribution is -2.56. The van der Waals surface area contributed by atoms with Crippen LogP contribution in [0.1, 0.15) is 17.5 Å². The molecule has 150 valence electrons. The molecule has 0 spiro atoms. The van der Waals surface area contributed by atoms with E-state index in [0.29, 0.717) is 25.2 Å². The summed E-state index contributed by atoms with van der Waals surface area (Å²) in [6.45, 7) is 1.50. The first-order chi connectivity index (χ1) is 13.6. The van der Waals surface area contributed by atoms with Crippen molar-refractivity contribution >= 4 is 11.8 Å². The number of hydrogen-bond acceptors (Lipinski definition) is 5. The summed E-state index contributed by atoms with van der Waals surface area (Å²) in [6.07, 6.45) is 3.14. The Hall–Kier alpha value is -2.71. The van der Waals surface area contributed by atoms with Crippen LogP contribution in [0.2, 0.25) is 0 Å². The average Bonchev–Trinajstić information content (AvgIpc) is 3.19. The van der Waals surface area contributed by atoms with Crippen LogP contribution in [0.25, 0.3) is 0 Å². The number of carbonyl (C=O) groups excluding carboxylic acids is 2. The molecule has 8 heteroatoms. The number of nitrogens with zero attached hydrogens (tertiary/aromatic N) is 2. The van der Waals surface area contributed by atoms with Gasteiger partial charge in [-0.1, -0.05) is 18.2 Å². The second-order valence-electron chi connectivity index (χ2n) is 6.74. The molecule has 0 radical (unpaired) electrons. The number of amides is 2. The number of halogens is 1. The first-order valence-corrected chi connectivity index (χ1v) is 9.23. The summed E-state index contributed by atoms with van der Waals surface area (Å²) in [7, 11) is 0. The van der Waals surface area contributed by atoms with Crippen molar-refractivity contribution in [2.75, 3.05) is 26.2 Å². The van der Waals surface area contributed by atoms with E-state index >= 15 is 0 Å².